The summed E-state index contributed by atoms with van der Waals surface area (Å²) in [4.78, 5) is 0. The van der Waals surface area contributed by atoms with Gasteiger partial charge in [-0.05, 0) is 199 Å². The van der Waals surface area contributed by atoms with Gasteiger partial charge in [0.15, 0.2) is 0 Å². The SMILES string of the molecule is Cc1cc(C)cc(-n2c3ccccc3c3cc(-c4ccc(C=Cc5ccc6c(c5)C(C)(C)c5cc(C=Cc7ccc(-c8ccc9c(c8)c8ccccc8n9-c8cc(C)cc(C)c8)c8ccccc78)ccc5-6)c5ccccc45)ccc32)c1. The highest BCUT2D eigenvalue weighted by Gasteiger charge is 2.35. The molecule has 81 heavy (non-hydrogen) atoms. The Morgan fingerprint density at radius 1 is 0.284 bits per heavy atom. The average molecular weight is 1040 g/mol. The van der Waals surface area contributed by atoms with Gasteiger partial charge in [-0.25, -0.2) is 0 Å². The lowest BCUT2D eigenvalue weighted by atomic mass is 9.81. The molecule has 0 fully saturated rings. The summed E-state index contributed by atoms with van der Waals surface area (Å²) in [7, 11) is 0. The van der Waals surface area contributed by atoms with Gasteiger partial charge >= 0.3 is 0 Å². The van der Waals surface area contributed by atoms with E-state index in [0.717, 1.165) is 0 Å². The van der Waals surface area contributed by atoms with Gasteiger partial charge in [0.25, 0.3) is 0 Å². The van der Waals surface area contributed by atoms with E-state index < -0.39 is 0 Å². The summed E-state index contributed by atoms with van der Waals surface area (Å²) in [6.45, 7) is 13.5. The predicted molar refractivity (Wildman–Crippen MR) is 348 cm³/mol. The van der Waals surface area contributed by atoms with E-state index in [1.165, 1.54) is 166 Å². The van der Waals surface area contributed by atoms with Crippen molar-refractivity contribution < 1.29 is 0 Å². The molecule has 0 radical (unpaired) electrons. The molecule has 0 spiro atoms. The van der Waals surface area contributed by atoms with Crippen molar-refractivity contribution in [2.24, 2.45) is 0 Å². The number of fused-ring (bicyclic) bond motifs is 11. The number of hydrogen-bond donors (Lipinski definition) is 0. The van der Waals surface area contributed by atoms with E-state index in [1.807, 2.05) is 0 Å². The lowest BCUT2D eigenvalue weighted by Gasteiger charge is -2.22. The summed E-state index contributed by atoms with van der Waals surface area (Å²) in [6, 6.07) is 86.3. The molecule has 0 saturated heterocycles. The predicted octanol–water partition coefficient (Wildman–Crippen LogP) is 21.4. The smallest absolute Gasteiger partial charge is 0.0541 e. The number of benzene rings is 12. The van der Waals surface area contributed by atoms with Gasteiger partial charge in [-0.2, -0.15) is 0 Å². The maximum absolute atomic E-state index is 2.42. The highest BCUT2D eigenvalue weighted by atomic mass is 15.0. The Balaban J connectivity index is 0.709. The van der Waals surface area contributed by atoms with Gasteiger partial charge in [0.2, 0.25) is 0 Å². The van der Waals surface area contributed by atoms with Crippen LogP contribution in [0.3, 0.4) is 0 Å². The Morgan fingerprint density at radius 2 is 0.642 bits per heavy atom. The van der Waals surface area contributed by atoms with Crippen molar-refractivity contribution in [1.82, 2.24) is 9.13 Å². The van der Waals surface area contributed by atoms with Crippen molar-refractivity contribution in [1.29, 1.82) is 0 Å². The fourth-order valence-corrected chi connectivity index (χ4v) is 13.8. The topological polar surface area (TPSA) is 9.86 Å². The molecule has 2 heteroatoms. The Morgan fingerprint density at radius 3 is 1.06 bits per heavy atom. The molecule has 0 aliphatic heterocycles. The third kappa shape index (κ3) is 8.00. The van der Waals surface area contributed by atoms with Crippen molar-refractivity contribution in [3.05, 3.63) is 286 Å². The number of aromatic nitrogens is 2. The van der Waals surface area contributed by atoms with E-state index in [2.05, 4.69) is 306 Å². The van der Waals surface area contributed by atoms with Gasteiger partial charge in [-0.1, -0.05) is 208 Å². The van der Waals surface area contributed by atoms with E-state index in [0.29, 0.717) is 0 Å². The maximum Gasteiger partial charge on any atom is 0.0541 e. The molecule has 15 rings (SSSR count). The van der Waals surface area contributed by atoms with Crippen LogP contribution in [0, 0.1) is 27.7 Å². The van der Waals surface area contributed by atoms with Gasteiger partial charge in [-0.15, -0.1) is 0 Å². The van der Waals surface area contributed by atoms with Crippen molar-refractivity contribution in [3.63, 3.8) is 0 Å². The summed E-state index contributed by atoms with van der Waals surface area (Å²) in [5, 5.41) is 10.0. The minimum atomic E-state index is -0.167. The fraction of sp³-hybridized carbons (Fsp3) is 0.0886. The number of nitrogens with zero attached hydrogens (tertiary/aromatic N) is 2. The molecule has 2 aromatic heterocycles. The lowest BCUT2D eigenvalue weighted by molar-refractivity contribution is 0.660. The molecule has 0 amide bonds. The molecule has 1 aliphatic rings. The monoisotopic (exact) mass is 1040 g/mol. The summed E-state index contributed by atoms with van der Waals surface area (Å²) >= 11 is 0. The molecular formula is C79H60N2. The number of hydrogen-bond acceptors (Lipinski definition) is 0. The van der Waals surface area contributed by atoms with Crippen LogP contribution in [0.15, 0.2) is 231 Å². The van der Waals surface area contributed by atoms with Crippen LogP contribution < -0.4 is 0 Å². The van der Waals surface area contributed by atoms with Crippen molar-refractivity contribution in [2.45, 2.75) is 47.0 Å². The van der Waals surface area contributed by atoms with Gasteiger partial charge < -0.3 is 9.13 Å². The van der Waals surface area contributed by atoms with Crippen LogP contribution in [0.2, 0.25) is 0 Å². The zero-order valence-corrected chi connectivity index (χ0v) is 46.6. The Bertz CT molecular complexity index is 4650. The highest BCUT2D eigenvalue weighted by molar-refractivity contribution is 6.13. The molecule has 386 valence electrons. The summed E-state index contributed by atoms with van der Waals surface area (Å²) in [6.07, 6.45) is 9.19. The van der Waals surface area contributed by atoms with Gasteiger partial charge in [-0.3, -0.25) is 0 Å². The largest absolute Gasteiger partial charge is 0.309 e. The second kappa shape index (κ2) is 18.7. The first kappa shape index (κ1) is 48.4. The van der Waals surface area contributed by atoms with Crippen LogP contribution in [-0.2, 0) is 5.41 Å². The zero-order chi connectivity index (χ0) is 54.7. The van der Waals surface area contributed by atoms with Crippen LogP contribution in [0.25, 0.3) is 134 Å². The van der Waals surface area contributed by atoms with Crippen LogP contribution in [0.5, 0.6) is 0 Å². The minimum Gasteiger partial charge on any atom is -0.309 e. The second-order valence-electron chi connectivity index (χ2n) is 23.3. The Labute approximate surface area is 473 Å². The molecule has 2 nitrogen and oxygen atoms in total. The second-order valence-corrected chi connectivity index (χ2v) is 23.3. The van der Waals surface area contributed by atoms with E-state index in [4.69, 9.17) is 0 Å². The summed E-state index contributed by atoms with van der Waals surface area (Å²) in [5.41, 5.74) is 27.3. The van der Waals surface area contributed by atoms with Crippen LogP contribution in [0.1, 0.15) is 69.5 Å². The van der Waals surface area contributed by atoms with Crippen LogP contribution in [0.4, 0.5) is 0 Å². The van der Waals surface area contributed by atoms with E-state index in [-0.39, 0.29) is 5.41 Å². The molecule has 0 saturated carbocycles. The minimum absolute atomic E-state index is 0.167. The van der Waals surface area contributed by atoms with Crippen molar-refractivity contribution in [2.75, 3.05) is 0 Å². The van der Waals surface area contributed by atoms with Gasteiger partial charge in [0.1, 0.15) is 0 Å². The summed E-state index contributed by atoms with van der Waals surface area (Å²) < 4.78 is 4.85. The normalized spacial score (nSPS) is 13.1. The van der Waals surface area contributed by atoms with Crippen molar-refractivity contribution >= 4 is 89.5 Å². The molecule has 0 bridgehead atoms. The summed E-state index contributed by atoms with van der Waals surface area (Å²) in [5.74, 6) is 0. The highest BCUT2D eigenvalue weighted by Crippen LogP contribution is 2.50. The number of para-hydroxylation sites is 2. The Kier molecular flexibility index (Phi) is 11.2. The first-order valence-electron chi connectivity index (χ1n) is 28.5. The third-order valence-corrected chi connectivity index (χ3v) is 17.4. The molecule has 12 aromatic carbocycles. The lowest BCUT2D eigenvalue weighted by Crippen LogP contribution is -2.15. The van der Waals surface area contributed by atoms with Crippen LogP contribution >= 0.6 is 0 Å². The van der Waals surface area contributed by atoms with Gasteiger partial charge in [0.05, 0.1) is 22.1 Å². The third-order valence-electron chi connectivity index (χ3n) is 17.4. The first-order valence-corrected chi connectivity index (χ1v) is 28.5. The van der Waals surface area contributed by atoms with Gasteiger partial charge in [0, 0.05) is 38.3 Å². The van der Waals surface area contributed by atoms with Crippen LogP contribution in [-0.4, -0.2) is 9.13 Å². The molecule has 0 unspecified atom stereocenters. The molecular weight excluding hydrogens is 977 g/mol. The fourth-order valence-electron chi connectivity index (χ4n) is 13.8. The molecule has 0 atom stereocenters. The standard InChI is InChI=1S/C79H60N2/c1-49-39-50(2)42-59(41-49)80-75-21-13-11-19-69(75)71-47-57(31-37-77(71)80)63-35-29-55(61-15-7-9-17-65(61)63)27-23-53-25-33-67-68-34-26-54(46-74(68)79(5,6)73(67)45-53)24-28-56-30-36-64(66-18-10-8-16-62(56)66)58-32-38-78-72(48-58)70-20-12-14-22-76(70)81(78)60-43-51(3)40-52(4)44-60/h7-48H,1-6H3. The molecule has 0 N–H and O–H groups in total. The van der Waals surface area contributed by atoms with E-state index in [9.17, 15) is 0 Å². The molecule has 14 aromatic rings. The van der Waals surface area contributed by atoms with Crippen molar-refractivity contribution in [3.8, 4) is 44.8 Å². The maximum atomic E-state index is 2.42. The molecule has 1 aliphatic carbocycles. The first-order chi connectivity index (χ1) is 39.5. The Hall–Kier alpha value is -9.76. The number of rotatable bonds is 8. The number of aryl methyl sites for hydroxylation is 4. The molecule has 2 heterocycles. The van der Waals surface area contributed by atoms with E-state index >= 15 is 0 Å². The zero-order valence-electron chi connectivity index (χ0n) is 46.6. The average Bonchev–Trinajstić information content (AvgIpc) is 3.40. The quantitative estimate of drug-likeness (QED) is 0.134. The van der Waals surface area contributed by atoms with E-state index in [1.54, 1.807) is 0 Å².